The Morgan fingerprint density at radius 3 is 1.96 bits per heavy atom. The summed E-state index contributed by atoms with van der Waals surface area (Å²) in [6.45, 7) is 13.0. The summed E-state index contributed by atoms with van der Waals surface area (Å²) < 4.78 is 7.43. The number of hydrogen-bond acceptors (Lipinski definition) is 3. The van der Waals surface area contributed by atoms with Gasteiger partial charge in [0.05, 0.1) is 6.61 Å². The van der Waals surface area contributed by atoms with Gasteiger partial charge in [-0.1, -0.05) is 94.4 Å². The maximum Gasteiger partial charge on any atom is 0.305 e. The number of fused-ring (bicyclic) bond motifs is 1. The first-order chi connectivity index (χ1) is 22.3. The van der Waals surface area contributed by atoms with Gasteiger partial charge in [0.25, 0.3) is 0 Å². The standard InChI is InChI=1S/C42H50N2O2/c1-6-46-42(45)15-10-24-43-30-37(40-13-7-8-14-41(40)43)28-35-11-9-12-36(27-35)29-44(38-20-16-33(17-21-38)25-31(2)3)39-22-18-34(19-23-39)26-32(4)5/h7-9,11-14,16-23,27,30-32H,6,10,15,24-26,28-29H2,1-5H3. The molecule has 4 nitrogen and oxygen atoms in total. The Morgan fingerprint density at radius 1 is 0.739 bits per heavy atom. The van der Waals surface area contributed by atoms with Gasteiger partial charge in [-0.05, 0) is 103 Å². The van der Waals surface area contributed by atoms with Gasteiger partial charge in [-0.15, -0.1) is 0 Å². The van der Waals surface area contributed by atoms with E-state index in [0.29, 0.717) is 24.9 Å². The first-order valence-corrected chi connectivity index (χ1v) is 17.0. The molecule has 0 aliphatic rings. The van der Waals surface area contributed by atoms with Crippen LogP contribution in [0.3, 0.4) is 0 Å². The van der Waals surface area contributed by atoms with Crippen LogP contribution in [0.2, 0.25) is 0 Å². The molecule has 0 radical (unpaired) electrons. The van der Waals surface area contributed by atoms with E-state index >= 15 is 0 Å². The number of nitrogens with zero attached hydrogens (tertiary/aromatic N) is 2. The summed E-state index contributed by atoms with van der Waals surface area (Å²) in [5.74, 6) is 1.15. The summed E-state index contributed by atoms with van der Waals surface area (Å²) in [6, 6.07) is 35.9. The van der Waals surface area contributed by atoms with E-state index in [1.807, 2.05) is 6.92 Å². The van der Waals surface area contributed by atoms with Gasteiger partial charge in [0.1, 0.15) is 0 Å². The Kier molecular flexibility index (Phi) is 11.4. The van der Waals surface area contributed by atoms with Crippen molar-refractivity contribution in [3.8, 4) is 0 Å². The summed E-state index contributed by atoms with van der Waals surface area (Å²) in [5, 5.41) is 1.27. The molecule has 0 saturated heterocycles. The molecule has 240 valence electrons. The Bertz CT molecular complexity index is 1640. The second-order valence-electron chi connectivity index (χ2n) is 13.4. The average molecular weight is 615 g/mol. The van der Waals surface area contributed by atoms with Crippen molar-refractivity contribution in [3.63, 3.8) is 0 Å². The highest BCUT2D eigenvalue weighted by Gasteiger charge is 2.14. The summed E-state index contributed by atoms with van der Waals surface area (Å²) in [7, 11) is 0. The lowest BCUT2D eigenvalue weighted by Crippen LogP contribution is -2.17. The Hall–Kier alpha value is -4.31. The summed E-state index contributed by atoms with van der Waals surface area (Å²) in [4.78, 5) is 14.3. The van der Waals surface area contributed by atoms with Crippen molar-refractivity contribution in [2.24, 2.45) is 11.8 Å². The molecule has 1 heterocycles. The van der Waals surface area contributed by atoms with E-state index in [2.05, 4.69) is 140 Å². The SMILES string of the molecule is CCOC(=O)CCCn1cc(Cc2cccc(CN(c3ccc(CC(C)C)cc3)c3ccc(CC(C)C)cc3)c2)c2ccccc21. The third-order valence-electron chi connectivity index (χ3n) is 8.47. The first kappa shape index (κ1) is 33.1. The molecule has 0 N–H and O–H groups in total. The summed E-state index contributed by atoms with van der Waals surface area (Å²) in [6.07, 6.45) is 6.51. The van der Waals surface area contributed by atoms with Gasteiger partial charge in [0, 0.05) is 48.0 Å². The van der Waals surface area contributed by atoms with Crippen molar-refractivity contribution in [3.05, 3.63) is 131 Å². The van der Waals surface area contributed by atoms with Gasteiger partial charge in [0.15, 0.2) is 0 Å². The molecule has 1 aromatic heterocycles. The molecule has 0 unspecified atom stereocenters. The lowest BCUT2D eigenvalue weighted by molar-refractivity contribution is -0.143. The number of aryl methyl sites for hydroxylation is 1. The van der Waals surface area contributed by atoms with E-state index in [-0.39, 0.29) is 5.97 Å². The maximum absolute atomic E-state index is 11.9. The molecule has 4 heteroatoms. The van der Waals surface area contributed by atoms with Crippen molar-refractivity contribution >= 4 is 28.2 Å². The Balaban J connectivity index is 1.38. The van der Waals surface area contributed by atoms with Crippen LogP contribution < -0.4 is 4.90 Å². The smallest absolute Gasteiger partial charge is 0.305 e. The minimum Gasteiger partial charge on any atom is -0.466 e. The fourth-order valence-corrected chi connectivity index (χ4v) is 6.41. The monoisotopic (exact) mass is 614 g/mol. The summed E-state index contributed by atoms with van der Waals surface area (Å²) >= 11 is 0. The maximum atomic E-state index is 11.9. The van der Waals surface area contributed by atoms with E-state index in [1.54, 1.807) is 0 Å². The van der Waals surface area contributed by atoms with Crippen LogP contribution in [-0.2, 0) is 41.9 Å². The van der Waals surface area contributed by atoms with Gasteiger partial charge in [-0.25, -0.2) is 0 Å². The number of aromatic nitrogens is 1. The molecular formula is C42H50N2O2. The number of rotatable bonds is 15. The van der Waals surface area contributed by atoms with E-state index in [9.17, 15) is 4.79 Å². The predicted octanol–water partition coefficient (Wildman–Crippen LogP) is 10.3. The first-order valence-electron chi connectivity index (χ1n) is 17.0. The predicted molar refractivity (Wildman–Crippen MR) is 193 cm³/mol. The van der Waals surface area contributed by atoms with Gasteiger partial charge in [-0.3, -0.25) is 4.79 Å². The fourth-order valence-electron chi connectivity index (χ4n) is 6.41. The molecule has 0 aliphatic carbocycles. The van der Waals surface area contributed by atoms with Crippen LogP contribution in [0.5, 0.6) is 0 Å². The van der Waals surface area contributed by atoms with Crippen LogP contribution in [0.15, 0.2) is 103 Å². The molecule has 0 aliphatic heterocycles. The third-order valence-corrected chi connectivity index (χ3v) is 8.47. The van der Waals surface area contributed by atoms with Crippen LogP contribution in [0.1, 0.15) is 75.3 Å². The number of carbonyl (C=O) groups is 1. The number of para-hydroxylation sites is 1. The molecule has 5 rings (SSSR count). The highest BCUT2D eigenvalue weighted by molar-refractivity contribution is 5.84. The molecule has 0 bridgehead atoms. The zero-order valence-corrected chi connectivity index (χ0v) is 28.3. The molecule has 4 aromatic carbocycles. The lowest BCUT2D eigenvalue weighted by Gasteiger charge is -2.26. The van der Waals surface area contributed by atoms with Crippen molar-refractivity contribution in [1.82, 2.24) is 4.57 Å². The molecule has 46 heavy (non-hydrogen) atoms. The topological polar surface area (TPSA) is 34.5 Å². The van der Waals surface area contributed by atoms with Gasteiger partial charge < -0.3 is 14.2 Å². The van der Waals surface area contributed by atoms with Crippen LogP contribution in [0.25, 0.3) is 10.9 Å². The number of ether oxygens (including phenoxy) is 1. The van der Waals surface area contributed by atoms with Crippen LogP contribution in [0.4, 0.5) is 11.4 Å². The second kappa shape index (κ2) is 15.8. The zero-order chi connectivity index (χ0) is 32.5. The number of benzene rings is 4. The largest absolute Gasteiger partial charge is 0.466 e. The van der Waals surface area contributed by atoms with Crippen molar-refractivity contribution in [2.45, 2.75) is 79.8 Å². The van der Waals surface area contributed by atoms with E-state index in [1.165, 1.54) is 50.1 Å². The van der Waals surface area contributed by atoms with Crippen LogP contribution in [0, 0.1) is 11.8 Å². The minimum atomic E-state index is -0.122. The molecule has 0 atom stereocenters. The molecule has 0 saturated carbocycles. The minimum absolute atomic E-state index is 0.122. The number of esters is 1. The van der Waals surface area contributed by atoms with E-state index in [4.69, 9.17) is 4.74 Å². The number of anilines is 2. The van der Waals surface area contributed by atoms with Gasteiger partial charge >= 0.3 is 5.97 Å². The van der Waals surface area contributed by atoms with Crippen molar-refractivity contribution in [2.75, 3.05) is 11.5 Å². The quantitative estimate of drug-likeness (QED) is 0.110. The van der Waals surface area contributed by atoms with Crippen molar-refractivity contribution in [1.29, 1.82) is 0 Å². The zero-order valence-electron chi connectivity index (χ0n) is 28.3. The second-order valence-corrected chi connectivity index (χ2v) is 13.4. The number of hydrogen-bond donors (Lipinski definition) is 0. The molecule has 0 spiro atoms. The number of carbonyl (C=O) groups excluding carboxylic acids is 1. The van der Waals surface area contributed by atoms with Gasteiger partial charge in [-0.2, -0.15) is 0 Å². The Labute approximate surface area is 276 Å². The lowest BCUT2D eigenvalue weighted by atomic mass is 10.0. The molecule has 0 fully saturated rings. The van der Waals surface area contributed by atoms with Crippen molar-refractivity contribution < 1.29 is 9.53 Å². The van der Waals surface area contributed by atoms with Gasteiger partial charge in [0.2, 0.25) is 0 Å². The Morgan fingerprint density at radius 2 is 1.35 bits per heavy atom. The molecular weight excluding hydrogens is 564 g/mol. The molecule has 5 aromatic rings. The van der Waals surface area contributed by atoms with E-state index in [0.717, 1.165) is 38.8 Å². The highest BCUT2D eigenvalue weighted by atomic mass is 16.5. The average Bonchev–Trinajstić information content (AvgIpc) is 3.37. The highest BCUT2D eigenvalue weighted by Crippen LogP contribution is 2.30. The van der Waals surface area contributed by atoms with Crippen LogP contribution in [-0.4, -0.2) is 17.1 Å². The molecule has 0 amide bonds. The van der Waals surface area contributed by atoms with Crippen LogP contribution >= 0.6 is 0 Å². The summed E-state index contributed by atoms with van der Waals surface area (Å²) in [5.41, 5.74) is 10.3. The normalized spacial score (nSPS) is 11.5. The fraction of sp³-hybridized carbons (Fsp3) is 0.357. The third kappa shape index (κ3) is 8.90. The van der Waals surface area contributed by atoms with E-state index < -0.39 is 0 Å².